The van der Waals surface area contributed by atoms with Crippen LogP contribution in [-0.4, -0.2) is 39.0 Å². The number of hydrogen-bond acceptors (Lipinski definition) is 4. The van der Waals surface area contributed by atoms with Crippen LogP contribution in [0.2, 0.25) is 5.02 Å². The predicted octanol–water partition coefficient (Wildman–Crippen LogP) is 2.07. The first kappa shape index (κ1) is 18.2. The molecule has 0 radical (unpaired) electrons. The minimum absolute atomic E-state index is 0.0747. The maximum atomic E-state index is 13.9. The van der Waals surface area contributed by atoms with Gasteiger partial charge in [0.1, 0.15) is 4.90 Å². The number of rotatable bonds is 7. The summed E-state index contributed by atoms with van der Waals surface area (Å²) in [5, 5.41) is 0.0747. The molecule has 1 rings (SSSR count). The lowest BCUT2D eigenvalue weighted by Gasteiger charge is -2.23. The Morgan fingerprint density at radius 2 is 1.95 bits per heavy atom. The van der Waals surface area contributed by atoms with Crippen molar-refractivity contribution in [3.63, 3.8) is 0 Å². The third-order valence-corrected chi connectivity index (χ3v) is 4.91. The Morgan fingerprint density at radius 1 is 1.38 bits per heavy atom. The largest absolute Gasteiger partial charge is 0.396 e. The second-order valence-electron chi connectivity index (χ2n) is 4.82. The van der Waals surface area contributed by atoms with Crippen molar-refractivity contribution in [1.82, 2.24) is 9.62 Å². The molecule has 0 spiro atoms. The minimum atomic E-state index is -4.01. The molecule has 3 N–H and O–H groups in total. The fourth-order valence-electron chi connectivity index (χ4n) is 2.01. The number of anilines is 1. The molecule has 8 heteroatoms. The van der Waals surface area contributed by atoms with Crippen molar-refractivity contribution in [2.75, 3.05) is 25.4 Å². The fourth-order valence-corrected chi connectivity index (χ4v) is 3.67. The molecule has 5 nitrogen and oxygen atoms in total. The molecular weight excluding hydrogens is 317 g/mol. The zero-order valence-corrected chi connectivity index (χ0v) is 13.9. The molecule has 0 aliphatic carbocycles. The number of likely N-dealkylation sites (N-methyl/N-ethyl adjacent to an activating group) is 1. The maximum Gasteiger partial charge on any atom is 0.243 e. The Balaban J connectivity index is 2.97. The molecule has 0 fully saturated rings. The molecule has 0 bridgehead atoms. The highest BCUT2D eigenvalue weighted by atomic mass is 35.5. The van der Waals surface area contributed by atoms with Crippen LogP contribution in [0.3, 0.4) is 0 Å². The van der Waals surface area contributed by atoms with E-state index in [4.69, 9.17) is 17.3 Å². The van der Waals surface area contributed by atoms with Crippen LogP contribution in [0, 0.1) is 5.82 Å². The van der Waals surface area contributed by atoms with Gasteiger partial charge in [-0.25, -0.2) is 17.5 Å². The number of hydrogen-bond donors (Lipinski definition) is 2. The van der Waals surface area contributed by atoms with Gasteiger partial charge in [-0.2, -0.15) is 0 Å². The van der Waals surface area contributed by atoms with Crippen LogP contribution >= 0.6 is 11.6 Å². The SMILES string of the molecule is CCN(CC)CC(C)NS(=O)(=O)c1cc(Cl)cc(N)c1F. The van der Waals surface area contributed by atoms with Crippen LogP contribution in [-0.2, 0) is 10.0 Å². The molecule has 0 saturated heterocycles. The molecule has 1 aromatic rings. The summed E-state index contributed by atoms with van der Waals surface area (Å²) in [6.45, 7) is 7.85. The van der Waals surface area contributed by atoms with Crippen molar-refractivity contribution >= 4 is 27.3 Å². The van der Waals surface area contributed by atoms with Crippen LogP contribution in [0.5, 0.6) is 0 Å². The summed E-state index contributed by atoms with van der Waals surface area (Å²) < 4.78 is 40.8. The van der Waals surface area contributed by atoms with Gasteiger partial charge in [0, 0.05) is 17.6 Å². The van der Waals surface area contributed by atoms with Gasteiger partial charge < -0.3 is 10.6 Å². The van der Waals surface area contributed by atoms with Crippen molar-refractivity contribution in [1.29, 1.82) is 0 Å². The van der Waals surface area contributed by atoms with Crippen LogP contribution in [0.1, 0.15) is 20.8 Å². The van der Waals surface area contributed by atoms with E-state index in [0.717, 1.165) is 19.2 Å². The first-order chi connectivity index (χ1) is 9.71. The zero-order chi connectivity index (χ0) is 16.2. The predicted molar refractivity (Wildman–Crippen MR) is 83.4 cm³/mol. The summed E-state index contributed by atoms with van der Waals surface area (Å²) in [5.74, 6) is -0.984. The van der Waals surface area contributed by atoms with Crippen LogP contribution in [0.15, 0.2) is 17.0 Å². The minimum Gasteiger partial charge on any atom is -0.396 e. The van der Waals surface area contributed by atoms with Gasteiger partial charge in [0.25, 0.3) is 0 Å². The highest BCUT2D eigenvalue weighted by Crippen LogP contribution is 2.25. The lowest BCUT2D eigenvalue weighted by atomic mass is 10.3. The Kier molecular flexibility index (Phi) is 6.40. The first-order valence-corrected chi connectivity index (χ1v) is 8.56. The molecule has 1 aromatic carbocycles. The Bertz CT molecular complexity index is 591. The van der Waals surface area contributed by atoms with E-state index < -0.39 is 20.7 Å². The Hall–Kier alpha value is -0.890. The zero-order valence-electron chi connectivity index (χ0n) is 12.4. The number of nitrogen functional groups attached to an aromatic ring is 1. The Labute approximate surface area is 130 Å². The second-order valence-corrected chi connectivity index (χ2v) is 6.93. The van der Waals surface area contributed by atoms with E-state index >= 15 is 0 Å². The second kappa shape index (κ2) is 7.40. The molecule has 1 atom stereocenters. The summed E-state index contributed by atoms with van der Waals surface area (Å²) in [6.07, 6.45) is 0. The van der Waals surface area contributed by atoms with E-state index in [-0.39, 0.29) is 16.8 Å². The average molecular weight is 338 g/mol. The van der Waals surface area contributed by atoms with Crippen LogP contribution in [0.25, 0.3) is 0 Å². The third-order valence-electron chi connectivity index (χ3n) is 3.10. The summed E-state index contributed by atoms with van der Waals surface area (Å²) in [6, 6.07) is 1.86. The smallest absolute Gasteiger partial charge is 0.243 e. The Morgan fingerprint density at radius 3 is 2.48 bits per heavy atom. The number of halogens is 2. The average Bonchev–Trinajstić information content (AvgIpc) is 2.39. The summed E-state index contributed by atoms with van der Waals surface area (Å²) >= 11 is 5.75. The molecule has 0 aliphatic rings. The van der Waals surface area contributed by atoms with Gasteiger partial charge in [-0.15, -0.1) is 0 Å². The van der Waals surface area contributed by atoms with Gasteiger partial charge in [-0.05, 0) is 32.1 Å². The van der Waals surface area contributed by atoms with Gasteiger partial charge in [0.2, 0.25) is 10.0 Å². The van der Waals surface area contributed by atoms with Gasteiger partial charge in [-0.1, -0.05) is 25.4 Å². The maximum absolute atomic E-state index is 13.9. The van der Waals surface area contributed by atoms with Crippen LogP contribution in [0.4, 0.5) is 10.1 Å². The van der Waals surface area contributed by atoms with E-state index in [1.54, 1.807) is 6.92 Å². The fraction of sp³-hybridized carbons (Fsp3) is 0.538. The third kappa shape index (κ3) is 4.81. The molecule has 0 heterocycles. The number of sulfonamides is 1. The van der Waals surface area contributed by atoms with E-state index in [1.807, 2.05) is 13.8 Å². The van der Waals surface area contributed by atoms with Gasteiger partial charge in [0.05, 0.1) is 5.69 Å². The number of benzene rings is 1. The van der Waals surface area contributed by atoms with E-state index in [1.165, 1.54) is 6.07 Å². The van der Waals surface area contributed by atoms with Gasteiger partial charge >= 0.3 is 0 Å². The van der Waals surface area contributed by atoms with E-state index in [2.05, 4.69) is 9.62 Å². The van der Waals surface area contributed by atoms with Gasteiger partial charge in [0.15, 0.2) is 5.82 Å². The van der Waals surface area contributed by atoms with Crippen LogP contribution < -0.4 is 10.5 Å². The topological polar surface area (TPSA) is 75.4 Å². The lowest BCUT2D eigenvalue weighted by Crippen LogP contribution is -2.42. The van der Waals surface area contributed by atoms with Crippen molar-refractivity contribution in [2.45, 2.75) is 31.7 Å². The summed E-state index contributed by atoms with van der Waals surface area (Å²) in [4.78, 5) is 1.54. The molecule has 21 heavy (non-hydrogen) atoms. The molecule has 0 aliphatic heterocycles. The van der Waals surface area contributed by atoms with Crippen molar-refractivity contribution in [3.05, 3.63) is 23.0 Å². The van der Waals surface area contributed by atoms with Crippen molar-refractivity contribution in [2.24, 2.45) is 0 Å². The first-order valence-electron chi connectivity index (χ1n) is 6.70. The van der Waals surface area contributed by atoms with Gasteiger partial charge in [-0.3, -0.25) is 0 Å². The number of nitrogens with two attached hydrogens (primary N) is 1. The normalized spacial score (nSPS) is 13.6. The molecule has 120 valence electrons. The van der Waals surface area contributed by atoms with E-state index in [9.17, 15) is 12.8 Å². The molecule has 0 amide bonds. The highest BCUT2D eigenvalue weighted by Gasteiger charge is 2.24. The summed E-state index contributed by atoms with van der Waals surface area (Å²) in [5.41, 5.74) is 5.12. The standard InChI is InChI=1S/C13H21ClFN3O2S/c1-4-18(5-2)8-9(3)17-21(19,20)12-7-10(14)6-11(16)13(12)15/h6-7,9,17H,4-5,8,16H2,1-3H3. The molecule has 1 unspecified atom stereocenters. The highest BCUT2D eigenvalue weighted by molar-refractivity contribution is 7.89. The molecular formula is C13H21ClFN3O2S. The number of nitrogens with zero attached hydrogens (tertiary/aromatic N) is 1. The van der Waals surface area contributed by atoms with Crippen molar-refractivity contribution < 1.29 is 12.8 Å². The lowest BCUT2D eigenvalue weighted by molar-refractivity contribution is 0.282. The molecule has 0 saturated carbocycles. The molecule has 0 aromatic heterocycles. The monoisotopic (exact) mass is 337 g/mol. The van der Waals surface area contributed by atoms with Crippen molar-refractivity contribution in [3.8, 4) is 0 Å². The quantitative estimate of drug-likeness (QED) is 0.747. The number of nitrogens with one attached hydrogen (secondary N) is 1. The summed E-state index contributed by atoms with van der Waals surface area (Å²) in [7, 11) is -4.01. The van der Waals surface area contributed by atoms with E-state index in [0.29, 0.717) is 6.54 Å².